The van der Waals surface area contributed by atoms with E-state index in [9.17, 15) is 22.8 Å². The molecule has 0 saturated heterocycles. The summed E-state index contributed by atoms with van der Waals surface area (Å²) in [5, 5.41) is 14.0. The Bertz CT molecular complexity index is 1230. The maximum absolute atomic E-state index is 12.5. The summed E-state index contributed by atoms with van der Waals surface area (Å²) in [4.78, 5) is 29.9. The number of thiazole rings is 1. The van der Waals surface area contributed by atoms with Crippen molar-refractivity contribution in [2.45, 2.75) is 59.0 Å². The molecule has 39 heavy (non-hydrogen) atoms. The molecule has 0 radical (unpaired) electrons. The highest BCUT2D eigenvalue weighted by Crippen LogP contribution is 2.32. The van der Waals surface area contributed by atoms with Gasteiger partial charge in [-0.2, -0.15) is 0 Å². The third-order valence-corrected chi connectivity index (χ3v) is 6.89. The van der Waals surface area contributed by atoms with Crippen molar-refractivity contribution in [3.8, 4) is 17.0 Å². The number of aromatic nitrogens is 1. The quantitative estimate of drug-likeness (QED) is 0.239. The van der Waals surface area contributed by atoms with Crippen LogP contribution in [0.15, 0.2) is 53.9 Å². The van der Waals surface area contributed by atoms with Gasteiger partial charge in [0.15, 0.2) is 5.13 Å². The molecule has 1 aromatic heterocycles. The summed E-state index contributed by atoms with van der Waals surface area (Å²) in [6.45, 7) is 7.08. The molecule has 0 aliphatic carbocycles. The van der Waals surface area contributed by atoms with Gasteiger partial charge in [0.1, 0.15) is 5.75 Å². The molecule has 2 N–H and O–H groups in total. The molecule has 0 aliphatic rings. The van der Waals surface area contributed by atoms with Crippen molar-refractivity contribution in [3.05, 3.63) is 65.0 Å². The number of carboxylic acid groups (broad SMARTS) is 1. The average Bonchev–Trinajstić information content (AvgIpc) is 3.35. The van der Waals surface area contributed by atoms with Crippen molar-refractivity contribution in [1.82, 2.24) is 10.3 Å². The molecule has 0 bridgehead atoms. The summed E-state index contributed by atoms with van der Waals surface area (Å²) in [7, 11) is 0. The number of carbonyl (C=O) groups is 2. The summed E-state index contributed by atoms with van der Waals surface area (Å²) in [6, 6.07) is 12.9. The minimum absolute atomic E-state index is 0.0571. The Morgan fingerprint density at radius 3 is 2.31 bits per heavy atom. The van der Waals surface area contributed by atoms with Gasteiger partial charge in [0.05, 0.1) is 12.1 Å². The van der Waals surface area contributed by atoms with Crippen LogP contribution >= 0.6 is 11.3 Å². The zero-order chi connectivity index (χ0) is 28.6. The maximum atomic E-state index is 12.5. The van der Waals surface area contributed by atoms with Gasteiger partial charge in [-0.3, -0.25) is 9.59 Å². The number of carbonyl (C=O) groups excluding carboxylic acids is 1. The first-order chi connectivity index (χ1) is 18.4. The van der Waals surface area contributed by atoms with Crippen molar-refractivity contribution < 1.29 is 32.6 Å². The topological polar surface area (TPSA) is 91.8 Å². The minimum Gasteiger partial charge on any atom is -0.481 e. The van der Waals surface area contributed by atoms with Crippen molar-refractivity contribution >= 4 is 28.3 Å². The second-order valence-corrected chi connectivity index (χ2v) is 10.5. The van der Waals surface area contributed by atoms with Gasteiger partial charge in [-0.05, 0) is 67.6 Å². The van der Waals surface area contributed by atoms with E-state index in [4.69, 9.17) is 10.1 Å². The van der Waals surface area contributed by atoms with E-state index in [0.29, 0.717) is 29.3 Å². The molecule has 1 unspecified atom stereocenters. The van der Waals surface area contributed by atoms with E-state index in [2.05, 4.69) is 35.7 Å². The second kappa shape index (κ2) is 13.5. The Balaban J connectivity index is 1.76. The predicted octanol–water partition coefficient (Wildman–Crippen LogP) is 6.74. The highest BCUT2D eigenvalue weighted by molar-refractivity contribution is 7.14. The molecule has 0 spiro atoms. The molecule has 0 fully saturated rings. The van der Waals surface area contributed by atoms with Crippen molar-refractivity contribution in [2.24, 2.45) is 5.92 Å². The lowest BCUT2D eigenvalue weighted by atomic mass is 10.0. The molecule has 1 atom stereocenters. The Morgan fingerprint density at radius 1 is 1.05 bits per heavy atom. The smallest absolute Gasteiger partial charge is 0.481 e. The van der Waals surface area contributed by atoms with E-state index in [1.165, 1.54) is 23.5 Å². The van der Waals surface area contributed by atoms with Crippen LogP contribution in [0.1, 0.15) is 56.0 Å². The standard InChI is InChI=1S/C28H32F3N3O4S/c1-18(2)4-5-19(3)34(16-20-6-8-22(9-7-20)26(37)32-15-14-25(35)36)27-33-24(17-39-27)21-10-12-23(13-11-21)38-28(29,30)31/h6-13,17-19H,4-5,14-16H2,1-3H3,(H,32,37)(H,35,36). The highest BCUT2D eigenvalue weighted by Gasteiger charge is 2.31. The molecule has 0 aliphatic heterocycles. The van der Waals surface area contributed by atoms with E-state index < -0.39 is 12.3 Å². The van der Waals surface area contributed by atoms with Gasteiger partial charge in [0, 0.05) is 35.6 Å². The van der Waals surface area contributed by atoms with E-state index in [-0.39, 0.29) is 30.7 Å². The Kier molecular flexibility index (Phi) is 10.3. The zero-order valence-corrected chi connectivity index (χ0v) is 22.8. The number of anilines is 1. The number of nitrogens with zero attached hydrogens (tertiary/aromatic N) is 2. The molecular weight excluding hydrogens is 531 g/mol. The number of carboxylic acids is 1. The first kappa shape index (κ1) is 29.9. The first-order valence-corrected chi connectivity index (χ1v) is 13.5. The Hall–Kier alpha value is -3.60. The van der Waals surface area contributed by atoms with Crippen LogP contribution in [0.3, 0.4) is 0 Å². The summed E-state index contributed by atoms with van der Waals surface area (Å²) in [5.41, 5.74) is 2.75. The van der Waals surface area contributed by atoms with Gasteiger partial charge in [0.25, 0.3) is 5.91 Å². The van der Waals surface area contributed by atoms with Crippen LogP contribution in [0.25, 0.3) is 11.3 Å². The lowest BCUT2D eigenvalue weighted by Gasteiger charge is -2.29. The lowest BCUT2D eigenvalue weighted by molar-refractivity contribution is -0.274. The van der Waals surface area contributed by atoms with E-state index >= 15 is 0 Å². The number of benzene rings is 2. The molecule has 2 aromatic carbocycles. The molecule has 1 amide bonds. The number of nitrogens with one attached hydrogen (secondary N) is 1. The van der Waals surface area contributed by atoms with Gasteiger partial charge in [-0.1, -0.05) is 26.0 Å². The number of hydrogen-bond donors (Lipinski definition) is 2. The summed E-state index contributed by atoms with van der Waals surface area (Å²) in [5.74, 6) is -1.06. The first-order valence-electron chi connectivity index (χ1n) is 12.6. The summed E-state index contributed by atoms with van der Waals surface area (Å²) in [6.07, 6.45) is -2.91. The fourth-order valence-corrected chi connectivity index (χ4v) is 4.78. The van der Waals surface area contributed by atoms with E-state index in [0.717, 1.165) is 23.5 Å². The monoisotopic (exact) mass is 563 g/mol. The largest absolute Gasteiger partial charge is 0.573 e. The number of alkyl halides is 3. The van der Waals surface area contributed by atoms with Gasteiger partial charge in [0.2, 0.25) is 0 Å². The molecular formula is C28H32F3N3O4S. The number of aliphatic carboxylic acids is 1. The lowest BCUT2D eigenvalue weighted by Crippen LogP contribution is -2.33. The molecule has 11 heteroatoms. The third-order valence-electron chi connectivity index (χ3n) is 6.01. The number of ether oxygens (including phenoxy) is 1. The van der Waals surface area contributed by atoms with Gasteiger partial charge in [-0.25, -0.2) is 4.98 Å². The van der Waals surface area contributed by atoms with Crippen LogP contribution in [0.2, 0.25) is 0 Å². The average molecular weight is 564 g/mol. The molecule has 1 heterocycles. The van der Waals surface area contributed by atoms with Crippen LogP contribution in [-0.4, -0.2) is 40.9 Å². The van der Waals surface area contributed by atoms with Gasteiger partial charge >= 0.3 is 12.3 Å². The van der Waals surface area contributed by atoms with Crippen molar-refractivity contribution in [3.63, 3.8) is 0 Å². The molecule has 7 nitrogen and oxygen atoms in total. The zero-order valence-electron chi connectivity index (χ0n) is 22.0. The van der Waals surface area contributed by atoms with Crippen molar-refractivity contribution in [1.29, 1.82) is 0 Å². The fourth-order valence-electron chi connectivity index (χ4n) is 3.84. The van der Waals surface area contributed by atoms with Crippen LogP contribution < -0.4 is 15.0 Å². The van der Waals surface area contributed by atoms with Crippen LogP contribution in [0, 0.1) is 5.92 Å². The van der Waals surface area contributed by atoms with E-state index in [1.54, 1.807) is 24.3 Å². The van der Waals surface area contributed by atoms with E-state index in [1.807, 2.05) is 17.5 Å². The third kappa shape index (κ3) is 9.58. The summed E-state index contributed by atoms with van der Waals surface area (Å²) >= 11 is 1.46. The number of rotatable bonds is 13. The summed E-state index contributed by atoms with van der Waals surface area (Å²) < 4.78 is 41.4. The van der Waals surface area contributed by atoms with Crippen LogP contribution in [0.5, 0.6) is 5.75 Å². The van der Waals surface area contributed by atoms with Gasteiger partial charge in [-0.15, -0.1) is 24.5 Å². The molecule has 3 rings (SSSR count). The predicted molar refractivity (Wildman–Crippen MR) is 145 cm³/mol. The number of amides is 1. The number of halogens is 3. The number of hydrogen-bond acceptors (Lipinski definition) is 6. The Labute approximate surface area is 229 Å². The maximum Gasteiger partial charge on any atom is 0.573 e. The highest BCUT2D eigenvalue weighted by atomic mass is 32.1. The minimum atomic E-state index is -4.75. The Morgan fingerprint density at radius 2 is 1.72 bits per heavy atom. The molecule has 210 valence electrons. The van der Waals surface area contributed by atoms with Crippen LogP contribution in [0.4, 0.5) is 18.3 Å². The second-order valence-electron chi connectivity index (χ2n) is 9.63. The van der Waals surface area contributed by atoms with Gasteiger partial charge < -0.3 is 20.1 Å². The normalized spacial score (nSPS) is 12.3. The SMILES string of the molecule is CC(C)CCC(C)N(Cc1ccc(C(=O)NCCC(=O)O)cc1)c1nc(-c2ccc(OC(F)(F)F)cc2)cs1. The van der Waals surface area contributed by atoms with Crippen LogP contribution in [-0.2, 0) is 11.3 Å². The molecule has 3 aromatic rings. The molecule has 0 saturated carbocycles. The fraction of sp³-hybridized carbons (Fsp3) is 0.393. The van der Waals surface area contributed by atoms with Crippen molar-refractivity contribution in [2.75, 3.05) is 11.4 Å².